The Hall–Kier alpha value is -2.09. The molecule has 1 aliphatic heterocycles. The van der Waals surface area contributed by atoms with Crippen molar-refractivity contribution in [2.75, 3.05) is 13.2 Å². The van der Waals surface area contributed by atoms with E-state index in [1.54, 1.807) is 17.5 Å². The zero-order valence-corrected chi connectivity index (χ0v) is 15.0. The fraction of sp³-hybridized carbons (Fsp3) is 0.389. The lowest BCUT2D eigenvalue weighted by atomic mass is 10.2. The molecule has 0 N–H and O–H groups in total. The molecular formula is C18H21N5OS. The Kier molecular flexibility index (Phi) is 4.87. The highest BCUT2D eigenvalue weighted by atomic mass is 32.1. The Balaban J connectivity index is 1.40. The van der Waals surface area contributed by atoms with Crippen LogP contribution in [0.15, 0.2) is 42.3 Å². The quantitative estimate of drug-likeness (QED) is 0.680. The van der Waals surface area contributed by atoms with Crippen LogP contribution in [0.2, 0.25) is 0 Å². The number of pyridine rings is 1. The van der Waals surface area contributed by atoms with E-state index in [1.807, 2.05) is 37.6 Å². The number of imidazole rings is 1. The van der Waals surface area contributed by atoms with Crippen molar-refractivity contribution in [3.05, 3.63) is 64.4 Å². The van der Waals surface area contributed by atoms with Gasteiger partial charge in [0.15, 0.2) is 0 Å². The Labute approximate surface area is 151 Å². The van der Waals surface area contributed by atoms with Crippen LogP contribution in [0.3, 0.4) is 0 Å². The first-order chi connectivity index (χ1) is 12.3. The van der Waals surface area contributed by atoms with Crippen LogP contribution in [0.4, 0.5) is 0 Å². The monoisotopic (exact) mass is 355 g/mol. The highest BCUT2D eigenvalue weighted by Crippen LogP contribution is 2.24. The molecule has 0 radical (unpaired) electrons. The maximum atomic E-state index is 5.94. The highest BCUT2D eigenvalue weighted by Gasteiger charge is 2.25. The van der Waals surface area contributed by atoms with Crippen molar-refractivity contribution in [3.63, 3.8) is 0 Å². The molecule has 1 aliphatic rings. The number of fused-ring (bicyclic) bond motifs is 1. The standard InChI is InChI=1S/C18H21N5OS/c1-14-12-25-18(21-14)9-22-7-16-6-19-13-23(16)17(8-22)11-24-10-15-4-2-3-5-20-15/h2-6,12-13,17H,7-11H2,1H3/t17-/m0/s1. The summed E-state index contributed by atoms with van der Waals surface area (Å²) in [6.45, 7) is 5.93. The summed E-state index contributed by atoms with van der Waals surface area (Å²) in [5.74, 6) is 0. The molecule has 130 valence electrons. The summed E-state index contributed by atoms with van der Waals surface area (Å²) >= 11 is 1.73. The molecule has 0 aromatic carbocycles. The molecule has 7 heteroatoms. The molecule has 0 aliphatic carbocycles. The van der Waals surface area contributed by atoms with Crippen LogP contribution >= 0.6 is 11.3 Å². The number of hydrogen-bond donors (Lipinski definition) is 0. The first-order valence-corrected chi connectivity index (χ1v) is 9.27. The van der Waals surface area contributed by atoms with Gasteiger partial charge >= 0.3 is 0 Å². The zero-order chi connectivity index (χ0) is 17.1. The lowest BCUT2D eigenvalue weighted by Gasteiger charge is -2.33. The smallest absolute Gasteiger partial charge is 0.107 e. The second-order valence-corrected chi connectivity index (χ2v) is 7.28. The summed E-state index contributed by atoms with van der Waals surface area (Å²) in [7, 11) is 0. The number of aromatic nitrogens is 4. The molecular weight excluding hydrogens is 334 g/mol. The van der Waals surface area contributed by atoms with Gasteiger partial charge in [-0.15, -0.1) is 11.3 Å². The number of rotatable bonds is 6. The van der Waals surface area contributed by atoms with Crippen molar-refractivity contribution in [1.29, 1.82) is 0 Å². The summed E-state index contributed by atoms with van der Waals surface area (Å²) in [6, 6.07) is 6.15. The second-order valence-electron chi connectivity index (χ2n) is 6.33. The Morgan fingerprint density at radius 3 is 3.12 bits per heavy atom. The molecule has 3 aromatic rings. The van der Waals surface area contributed by atoms with Gasteiger partial charge in [0.05, 0.1) is 43.5 Å². The maximum absolute atomic E-state index is 5.94. The van der Waals surface area contributed by atoms with Gasteiger partial charge in [0.25, 0.3) is 0 Å². The number of thiazole rings is 1. The van der Waals surface area contributed by atoms with Gasteiger partial charge in [-0.3, -0.25) is 9.88 Å². The third kappa shape index (κ3) is 3.95. The minimum absolute atomic E-state index is 0.260. The molecule has 0 amide bonds. The van der Waals surface area contributed by atoms with Crippen LogP contribution in [0.25, 0.3) is 0 Å². The van der Waals surface area contributed by atoms with E-state index in [1.165, 1.54) is 10.7 Å². The minimum Gasteiger partial charge on any atom is -0.373 e. The van der Waals surface area contributed by atoms with Crippen molar-refractivity contribution >= 4 is 11.3 Å². The second kappa shape index (κ2) is 7.43. The third-order valence-corrected chi connectivity index (χ3v) is 5.26. The molecule has 4 rings (SSSR count). The lowest BCUT2D eigenvalue weighted by Crippen LogP contribution is -2.38. The zero-order valence-electron chi connectivity index (χ0n) is 14.2. The summed E-state index contributed by atoms with van der Waals surface area (Å²) in [6.07, 6.45) is 5.66. The minimum atomic E-state index is 0.260. The Morgan fingerprint density at radius 1 is 1.36 bits per heavy atom. The van der Waals surface area contributed by atoms with Gasteiger partial charge in [-0.1, -0.05) is 6.07 Å². The predicted molar refractivity (Wildman–Crippen MR) is 96.1 cm³/mol. The van der Waals surface area contributed by atoms with Crippen LogP contribution < -0.4 is 0 Å². The molecule has 1 atom stereocenters. The fourth-order valence-corrected chi connectivity index (χ4v) is 3.98. The van der Waals surface area contributed by atoms with Crippen LogP contribution in [-0.4, -0.2) is 37.6 Å². The first kappa shape index (κ1) is 16.4. The molecule has 0 spiro atoms. The van der Waals surface area contributed by atoms with Gasteiger partial charge in [-0.05, 0) is 19.1 Å². The highest BCUT2D eigenvalue weighted by molar-refractivity contribution is 7.09. The van der Waals surface area contributed by atoms with Gasteiger partial charge in [0.2, 0.25) is 0 Å². The topological polar surface area (TPSA) is 56.1 Å². The number of hydrogen-bond acceptors (Lipinski definition) is 6. The van der Waals surface area contributed by atoms with Crippen molar-refractivity contribution in [2.24, 2.45) is 0 Å². The van der Waals surface area contributed by atoms with Gasteiger partial charge in [0.1, 0.15) is 5.01 Å². The lowest BCUT2D eigenvalue weighted by molar-refractivity contribution is 0.0573. The molecule has 4 heterocycles. The van der Waals surface area contributed by atoms with E-state index in [0.29, 0.717) is 13.2 Å². The number of ether oxygens (including phenoxy) is 1. The Bertz CT molecular complexity index is 816. The summed E-state index contributed by atoms with van der Waals surface area (Å²) in [5.41, 5.74) is 3.28. The van der Waals surface area contributed by atoms with Crippen molar-refractivity contribution < 1.29 is 4.74 Å². The molecule has 0 unspecified atom stereocenters. The molecule has 0 saturated carbocycles. The molecule has 25 heavy (non-hydrogen) atoms. The number of aryl methyl sites for hydroxylation is 1. The van der Waals surface area contributed by atoms with Gasteiger partial charge in [-0.25, -0.2) is 9.97 Å². The van der Waals surface area contributed by atoms with E-state index in [2.05, 4.69) is 29.8 Å². The van der Waals surface area contributed by atoms with Gasteiger partial charge < -0.3 is 9.30 Å². The average Bonchev–Trinajstić information content (AvgIpc) is 3.25. The number of nitrogens with zero attached hydrogens (tertiary/aromatic N) is 5. The van der Waals surface area contributed by atoms with E-state index >= 15 is 0 Å². The maximum Gasteiger partial charge on any atom is 0.107 e. The summed E-state index contributed by atoms with van der Waals surface area (Å²) in [4.78, 5) is 15.6. The van der Waals surface area contributed by atoms with E-state index in [0.717, 1.165) is 31.0 Å². The summed E-state index contributed by atoms with van der Waals surface area (Å²) in [5, 5.41) is 3.27. The Morgan fingerprint density at radius 2 is 2.32 bits per heavy atom. The molecule has 0 bridgehead atoms. The molecule has 0 saturated heterocycles. The van der Waals surface area contributed by atoms with Crippen molar-refractivity contribution in [1.82, 2.24) is 24.4 Å². The normalized spacial score (nSPS) is 17.6. The van der Waals surface area contributed by atoms with E-state index < -0.39 is 0 Å². The largest absolute Gasteiger partial charge is 0.373 e. The summed E-state index contributed by atoms with van der Waals surface area (Å²) < 4.78 is 8.18. The van der Waals surface area contributed by atoms with E-state index in [9.17, 15) is 0 Å². The third-order valence-electron chi connectivity index (χ3n) is 4.31. The van der Waals surface area contributed by atoms with E-state index in [-0.39, 0.29) is 6.04 Å². The fourth-order valence-electron chi connectivity index (χ4n) is 3.17. The average molecular weight is 355 g/mol. The molecule has 6 nitrogen and oxygen atoms in total. The van der Waals surface area contributed by atoms with Crippen molar-refractivity contribution in [3.8, 4) is 0 Å². The van der Waals surface area contributed by atoms with Gasteiger partial charge in [0, 0.05) is 36.6 Å². The SMILES string of the molecule is Cc1csc(CN2Cc3cncn3[C@H](COCc3ccccn3)C2)n1. The van der Waals surface area contributed by atoms with Crippen molar-refractivity contribution in [2.45, 2.75) is 32.7 Å². The predicted octanol–water partition coefficient (Wildman–Crippen LogP) is 2.82. The molecule has 0 fully saturated rings. The van der Waals surface area contributed by atoms with Crippen LogP contribution in [0.5, 0.6) is 0 Å². The van der Waals surface area contributed by atoms with E-state index in [4.69, 9.17) is 4.74 Å². The van der Waals surface area contributed by atoms with Crippen LogP contribution in [-0.2, 0) is 24.4 Å². The molecule has 3 aromatic heterocycles. The van der Waals surface area contributed by atoms with Crippen LogP contribution in [0, 0.1) is 6.92 Å². The van der Waals surface area contributed by atoms with Gasteiger partial charge in [-0.2, -0.15) is 0 Å². The van der Waals surface area contributed by atoms with Crippen LogP contribution in [0.1, 0.15) is 28.1 Å². The first-order valence-electron chi connectivity index (χ1n) is 8.39.